The molecule has 0 unspecified atom stereocenters. The Morgan fingerprint density at radius 1 is 1.35 bits per heavy atom. The van der Waals surface area contributed by atoms with Crippen LogP contribution >= 0.6 is 0 Å². The summed E-state index contributed by atoms with van der Waals surface area (Å²) in [5, 5.41) is 0. The fourth-order valence-corrected chi connectivity index (χ4v) is 2.02. The normalized spacial score (nSPS) is 10.2. The topological polar surface area (TPSA) is 68.5 Å². The van der Waals surface area contributed by atoms with Gasteiger partial charge in [-0.05, 0) is 17.7 Å². The van der Waals surface area contributed by atoms with Gasteiger partial charge in [0.1, 0.15) is 5.75 Å². The highest BCUT2D eigenvalue weighted by Gasteiger charge is 2.19. The number of ether oxygens (including phenoxy) is 1. The zero-order valence-corrected chi connectivity index (χ0v) is 11.5. The number of carbonyl (C=O) groups excluding carboxylic acids is 1. The molecule has 0 saturated heterocycles. The van der Waals surface area contributed by atoms with Gasteiger partial charge in [0.2, 0.25) is 0 Å². The van der Waals surface area contributed by atoms with E-state index >= 15 is 0 Å². The molecule has 0 bridgehead atoms. The van der Waals surface area contributed by atoms with Gasteiger partial charge >= 0.3 is 0 Å². The molecule has 104 valence electrons. The van der Waals surface area contributed by atoms with Gasteiger partial charge in [0, 0.05) is 25.5 Å². The van der Waals surface area contributed by atoms with E-state index in [0.717, 1.165) is 11.3 Å². The van der Waals surface area contributed by atoms with E-state index < -0.39 is 0 Å². The molecule has 2 rings (SSSR count). The third-order valence-corrected chi connectivity index (χ3v) is 3.11. The maximum absolute atomic E-state index is 12.6. The second-order valence-corrected chi connectivity index (χ2v) is 4.27. The van der Waals surface area contributed by atoms with Crippen molar-refractivity contribution in [2.75, 3.05) is 19.1 Å². The fourth-order valence-electron chi connectivity index (χ4n) is 2.02. The van der Waals surface area contributed by atoms with Crippen molar-refractivity contribution in [2.24, 2.45) is 5.73 Å². The van der Waals surface area contributed by atoms with Crippen LogP contribution < -0.4 is 15.4 Å². The molecule has 1 aromatic heterocycles. The maximum Gasteiger partial charge on any atom is 0.261 e. The first-order valence-corrected chi connectivity index (χ1v) is 6.23. The molecule has 0 spiro atoms. The summed E-state index contributed by atoms with van der Waals surface area (Å²) in [5.41, 5.74) is 7.88. The molecular formula is C15H17N3O2. The van der Waals surface area contributed by atoms with E-state index in [1.54, 1.807) is 24.2 Å². The predicted octanol–water partition coefficient (Wildman–Crippen LogP) is 1.83. The van der Waals surface area contributed by atoms with Crippen LogP contribution in [0.3, 0.4) is 0 Å². The molecule has 2 N–H and O–H groups in total. The monoisotopic (exact) mass is 271 g/mol. The van der Waals surface area contributed by atoms with Gasteiger partial charge in [-0.1, -0.05) is 18.2 Å². The minimum atomic E-state index is -0.162. The van der Waals surface area contributed by atoms with E-state index in [9.17, 15) is 4.79 Å². The van der Waals surface area contributed by atoms with Crippen LogP contribution in [0.25, 0.3) is 0 Å². The highest BCUT2D eigenvalue weighted by molar-refractivity contribution is 6.07. The minimum Gasteiger partial charge on any atom is -0.494 e. The Bertz CT molecular complexity index is 614. The number of benzene rings is 1. The molecule has 2 aromatic rings. The third kappa shape index (κ3) is 2.62. The highest BCUT2D eigenvalue weighted by Crippen LogP contribution is 2.23. The largest absolute Gasteiger partial charge is 0.494 e. The molecule has 5 heteroatoms. The Morgan fingerprint density at radius 3 is 2.80 bits per heavy atom. The van der Waals surface area contributed by atoms with E-state index in [1.807, 2.05) is 24.3 Å². The third-order valence-electron chi connectivity index (χ3n) is 3.11. The molecule has 0 radical (unpaired) electrons. The van der Waals surface area contributed by atoms with E-state index in [1.165, 1.54) is 13.3 Å². The van der Waals surface area contributed by atoms with Crippen LogP contribution in [0, 0.1) is 0 Å². The number of anilines is 1. The zero-order chi connectivity index (χ0) is 14.5. The van der Waals surface area contributed by atoms with Gasteiger partial charge in [0.05, 0.1) is 18.9 Å². The zero-order valence-electron chi connectivity index (χ0n) is 11.5. The lowest BCUT2D eigenvalue weighted by molar-refractivity contribution is 0.0989. The van der Waals surface area contributed by atoms with E-state index in [2.05, 4.69) is 4.98 Å². The smallest absolute Gasteiger partial charge is 0.261 e. The molecule has 1 aromatic carbocycles. The second kappa shape index (κ2) is 6.16. The lowest BCUT2D eigenvalue weighted by Gasteiger charge is -2.21. The molecule has 5 nitrogen and oxygen atoms in total. The van der Waals surface area contributed by atoms with E-state index in [4.69, 9.17) is 10.5 Å². The quantitative estimate of drug-likeness (QED) is 0.921. The van der Waals surface area contributed by atoms with E-state index in [-0.39, 0.29) is 5.91 Å². The lowest BCUT2D eigenvalue weighted by Crippen LogP contribution is -2.28. The standard InChI is InChI=1S/C15H17N3O2/c1-18(13-6-4-3-5-11(13)9-16)15(19)12-7-8-17-10-14(12)20-2/h3-8,10H,9,16H2,1-2H3. The van der Waals surface area contributed by atoms with Crippen molar-refractivity contribution in [1.82, 2.24) is 4.98 Å². The van der Waals surface area contributed by atoms with Gasteiger partial charge in [0.15, 0.2) is 0 Å². The molecule has 0 aliphatic carbocycles. The maximum atomic E-state index is 12.6. The van der Waals surface area contributed by atoms with Crippen LogP contribution in [-0.4, -0.2) is 25.0 Å². The summed E-state index contributed by atoms with van der Waals surface area (Å²) in [5.74, 6) is 0.291. The van der Waals surface area contributed by atoms with Crippen LogP contribution in [0.1, 0.15) is 15.9 Å². The molecule has 0 aliphatic heterocycles. The van der Waals surface area contributed by atoms with Crippen molar-refractivity contribution in [3.8, 4) is 5.75 Å². The summed E-state index contributed by atoms with van der Waals surface area (Å²) in [7, 11) is 3.23. The number of hydrogen-bond acceptors (Lipinski definition) is 4. The number of pyridine rings is 1. The van der Waals surface area contributed by atoms with Gasteiger partial charge in [-0.15, -0.1) is 0 Å². The molecule has 1 amide bonds. The summed E-state index contributed by atoms with van der Waals surface area (Å²) in [6.45, 7) is 0.376. The van der Waals surface area contributed by atoms with Gasteiger partial charge < -0.3 is 15.4 Å². The number of amides is 1. The second-order valence-electron chi connectivity index (χ2n) is 4.27. The Labute approximate surface area is 118 Å². The molecule has 0 aliphatic rings. The molecule has 1 heterocycles. The number of nitrogens with two attached hydrogens (primary N) is 1. The number of methoxy groups -OCH3 is 1. The average molecular weight is 271 g/mol. The van der Waals surface area contributed by atoms with Crippen molar-refractivity contribution in [3.05, 3.63) is 53.9 Å². The van der Waals surface area contributed by atoms with Gasteiger partial charge in [-0.3, -0.25) is 9.78 Å². The molecule has 0 atom stereocenters. The SMILES string of the molecule is COc1cnccc1C(=O)N(C)c1ccccc1CN. The number of carbonyl (C=O) groups is 1. The van der Waals surface area contributed by atoms with Gasteiger partial charge in [-0.2, -0.15) is 0 Å². The number of hydrogen-bond donors (Lipinski definition) is 1. The van der Waals surface area contributed by atoms with E-state index in [0.29, 0.717) is 17.9 Å². The summed E-state index contributed by atoms with van der Waals surface area (Å²) in [6, 6.07) is 9.19. The summed E-state index contributed by atoms with van der Waals surface area (Å²) >= 11 is 0. The van der Waals surface area contributed by atoms with Crippen molar-refractivity contribution in [1.29, 1.82) is 0 Å². The molecular weight excluding hydrogens is 254 g/mol. The molecule has 20 heavy (non-hydrogen) atoms. The fraction of sp³-hybridized carbons (Fsp3) is 0.200. The van der Waals surface area contributed by atoms with Crippen LogP contribution in [0.5, 0.6) is 5.75 Å². The lowest BCUT2D eigenvalue weighted by atomic mass is 10.1. The van der Waals surface area contributed by atoms with Crippen molar-refractivity contribution in [2.45, 2.75) is 6.54 Å². The number of para-hydroxylation sites is 1. The summed E-state index contributed by atoms with van der Waals surface area (Å²) in [6.07, 6.45) is 3.09. The molecule has 0 saturated carbocycles. The average Bonchev–Trinajstić information content (AvgIpc) is 2.53. The summed E-state index contributed by atoms with van der Waals surface area (Å²) < 4.78 is 5.17. The van der Waals surface area contributed by atoms with Crippen LogP contribution in [0.2, 0.25) is 0 Å². The number of nitrogens with zero attached hydrogens (tertiary/aromatic N) is 2. The minimum absolute atomic E-state index is 0.162. The first kappa shape index (κ1) is 14.0. The first-order chi connectivity index (χ1) is 9.69. The van der Waals surface area contributed by atoms with Crippen LogP contribution in [0.4, 0.5) is 5.69 Å². The van der Waals surface area contributed by atoms with Gasteiger partial charge in [-0.25, -0.2) is 0 Å². The first-order valence-electron chi connectivity index (χ1n) is 6.23. The Hall–Kier alpha value is -2.40. The number of rotatable bonds is 4. The van der Waals surface area contributed by atoms with Crippen molar-refractivity contribution in [3.63, 3.8) is 0 Å². The Kier molecular flexibility index (Phi) is 4.32. The van der Waals surface area contributed by atoms with Crippen molar-refractivity contribution < 1.29 is 9.53 Å². The Morgan fingerprint density at radius 2 is 2.10 bits per heavy atom. The summed E-state index contributed by atoms with van der Waals surface area (Å²) in [4.78, 5) is 18.1. The van der Waals surface area contributed by atoms with Crippen LogP contribution in [0.15, 0.2) is 42.7 Å². The molecule has 0 fully saturated rings. The van der Waals surface area contributed by atoms with Gasteiger partial charge in [0.25, 0.3) is 5.91 Å². The predicted molar refractivity (Wildman–Crippen MR) is 77.9 cm³/mol. The number of aromatic nitrogens is 1. The highest BCUT2D eigenvalue weighted by atomic mass is 16.5. The van der Waals surface area contributed by atoms with Crippen molar-refractivity contribution >= 4 is 11.6 Å². The van der Waals surface area contributed by atoms with Crippen LogP contribution in [-0.2, 0) is 6.54 Å². The Balaban J connectivity index is 2.38.